The molecule has 0 spiro atoms. The van der Waals surface area contributed by atoms with Crippen molar-refractivity contribution in [1.29, 1.82) is 0 Å². The van der Waals surface area contributed by atoms with Gasteiger partial charge < -0.3 is 14.9 Å². The van der Waals surface area contributed by atoms with E-state index in [4.69, 9.17) is 14.9 Å². The van der Waals surface area contributed by atoms with Crippen molar-refractivity contribution in [2.24, 2.45) is 0 Å². The van der Waals surface area contributed by atoms with Crippen LogP contribution in [0, 0.1) is 6.92 Å². The Kier molecular flexibility index (Phi) is 13.9. The van der Waals surface area contributed by atoms with Crippen LogP contribution in [0.4, 0.5) is 0 Å². The zero-order valence-corrected chi connectivity index (χ0v) is 14.6. The Morgan fingerprint density at radius 1 is 0.818 bits per heavy atom. The van der Waals surface area contributed by atoms with Gasteiger partial charge >= 0.3 is 0 Å². The lowest BCUT2D eigenvalue weighted by molar-refractivity contribution is 0.126. The van der Waals surface area contributed by atoms with Crippen molar-refractivity contribution in [3.63, 3.8) is 0 Å². The molecule has 2 N–H and O–H groups in total. The van der Waals surface area contributed by atoms with Crippen molar-refractivity contribution in [3.8, 4) is 11.5 Å². The van der Waals surface area contributed by atoms with Crippen LogP contribution in [0.3, 0.4) is 0 Å². The average Bonchev–Trinajstić information content (AvgIpc) is 2.50. The molecule has 1 rings (SSSR count). The number of benzene rings is 1. The van der Waals surface area contributed by atoms with Crippen LogP contribution in [0.2, 0.25) is 0 Å². The van der Waals surface area contributed by atoms with E-state index in [1.807, 2.05) is 0 Å². The molecule has 0 bridgehead atoms. The molecule has 0 aliphatic rings. The van der Waals surface area contributed by atoms with Crippen molar-refractivity contribution in [2.75, 3.05) is 13.2 Å². The van der Waals surface area contributed by atoms with Gasteiger partial charge in [-0.1, -0.05) is 52.4 Å². The van der Waals surface area contributed by atoms with Gasteiger partial charge in [-0.25, -0.2) is 0 Å². The van der Waals surface area contributed by atoms with Crippen LogP contribution in [0.5, 0.6) is 11.5 Å². The zero-order valence-electron chi connectivity index (χ0n) is 14.6. The molecule has 128 valence electrons. The summed E-state index contributed by atoms with van der Waals surface area (Å²) in [5.41, 5.74) is 0.690. The molecule has 0 aliphatic heterocycles. The molecule has 22 heavy (non-hydrogen) atoms. The van der Waals surface area contributed by atoms with Gasteiger partial charge in [0.25, 0.3) is 0 Å². The van der Waals surface area contributed by atoms with Gasteiger partial charge in [0, 0.05) is 13.2 Å². The summed E-state index contributed by atoms with van der Waals surface area (Å²) in [4.78, 5) is 0. The molecule has 0 amide bonds. The highest BCUT2D eigenvalue weighted by Gasteiger charge is 1.93. The van der Waals surface area contributed by atoms with E-state index in [1.54, 1.807) is 6.92 Å². The summed E-state index contributed by atoms with van der Waals surface area (Å²) in [5, 5.41) is 17.8. The van der Waals surface area contributed by atoms with Crippen molar-refractivity contribution in [3.05, 3.63) is 23.8 Å². The second-order valence-corrected chi connectivity index (χ2v) is 5.70. The molecule has 0 saturated heterocycles. The van der Waals surface area contributed by atoms with Gasteiger partial charge in [-0.15, -0.1) is 0 Å². The van der Waals surface area contributed by atoms with Gasteiger partial charge in [0.05, 0.1) is 0 Å². The van der Waals surface area contributed by atoms with E-state index < -0.39 is 0 Å². The topological polar surface area (TPSA) is 49.7 Å². The Labute approximate surface area is 136 Å². The minimum atomic E-state index is 0.185. The van der Waals surface area contributed by atoms with Gasteiger partial charge in [-0.2, -0.15) is 0 Å². The number of phenols is 2. The van der Waals surface area contributed by atoms with Crippen LogP contribution in [0.15, 0.2) is 18.2 Å². The summed E-state index contributed by atoms with van der Waals surface area (Å²) in [6, 6.07) is 4.42. The number of hydrogen-bond acceptors (Lipinski definition) is 3. The fourth-order valence-electron chi connectivity index (χ4n) is 2.00. The monoisotopic (exact) mass is 310 g/mol. The van der Waals surface area contributed by atoms with Crippen LogP contribution in [-0.2, 0) is 4.74 Å². The lowest BCUT2D eigenvalue weighted by atomic mass is 10.2. The van der Waals surface area contributed by atoms with E-state index in [2.05, 4.69) is 13.8 Å². The van der Waals surface area contributed by atoms with Gasteiger partial charge in [-0.3, -0.25) is 0 Å². The van der Waals surface area contributed by atoms with E-state index in [9.17, 15) is 0 Å². The standard InChI is InChI=1S/C12H26O.C7H8O2/c1-3-5-7-9-11-13-12-10-8-6-4-2;1-5-4-6(8)2-3-7(5)9/h3-12H2,1-2H3;2-4,8-9H,1H3. The van der Waals surface area contributed by atoms with E-state index in [-0.39, 0.29) is 11.5 Å². The third-order valence-electron chi connectivity index (χ3n) is 3.46. The largest absolute Gasteiger partial charge is 0.508 e. The maximum absolute atomic E-state index is 8.93. The normalized spacial score (nSPS) is 10.1. The van der Waals surface area contributed by atoms with Crippen LogP contribution in [0.25, 0.3) is 0 Å². The van der Waals surface area contributed by atoms with Gasteiger partial charge in [-0.05, 0) is 43.5 Å². The maximum atomic E-state index is 8.93. The third kappa shape index (κ3) is 12.5. The van der Waals surface area contributed by atoms with Crippen LogP contribution >= 0.6 is 0 Å². The van der Waals surface area contributed by atoms with Crippen molar-refractivity contribution >= 4 is 0 Å². The molecule has 3 nitrogen and oxygen atoms in total. The Balaban J connectivity index is 0.000000425. The Hall–Kier alpha value is -1.22. The van der Waals surface area contributed by atoms with E-state index in [0.717, 1.165) is 13.2 Å². The van der Waals surface area contributed by atoms with Gasteiger partial charge in [0.15, 0.2) is 0 Å². The number of aromatic hydroxyl groups is 2. The summed E-state index contributed by atoms with van der Waals surface area (Å²) in [5.74, 6) is 0.401. The molecule has 0 radical (unpaired) electrons. The molecule has 0 fully saturated rings. The maximum Gasteiger partial charge on any atom is 0.118 e. The molecule has 1 aromatic carbocycles. The van der Waals surface area contributed by atoms with Crippen molar-refractivity contribution in [1.82, 2.24) is 0 Å². The molecule has 0 heterocycles. The average molecular weight is 310 g/mol. The summed E-state index contributed by atoms with van der Waals surface area (Å²) in [6.45, 7) is 8.17. The third-order valence-corrected chi connectivity index (χ3v) is 3.46. The van der Waals surface area contributed by atoms with Gasteiger partial charge in [0.1, 0.15) is 11.5 Å². The predicted molar refractivity (Wildman–Crippen MR) is 93.6 cm³/mol. The first-order chi connectivity index (χ1) is 10.6. The second-order valence-electron chi connectivity index (χ2n) is 5.70. The predicted octanol–water partition coefficient (Wildman–Crippen LogP) is 5.57. The highest BCUT2D eigenvalue weighted by molar-refractivity contribution is 5.37. The highest BCUT2D eigenvalue weighted by Crippen LogP contribution is 2.19. The Morgan fingerprint density at radius 3 is 1.77 bits per heavy atom. The molecule has 0 saturated carbocycles. The van der Waals surface area contributed by atoms with Crippen LogP contribution in [-0.4, -0.2) is 23.4 Å². The van der Waals surface area contributed by atoms with E-state index in [0.29, 0.717) is 5.56 Å². The first kappa shape index (κ1) is 20.8. The number of ether oxygens (including phenoxy) is 1. The second kappa shape index (κ2) is 14.7. The first-order valence-corrected chi connectivity index (χ1v) is 8.68. The number of rotatable bonds is 10. The molecule has 0 aromatic heterocycles. The quantitative estimate of drug-likeness (QED) is 0.439. The molecule has 0 unspecified atom stereocenters. The minimum Gasteiger partial charge on any atom is -0.508 e. The molecule has 1 aromatic rings. The summed E-state index contributed by atoms with van der Waals surface area (Å²) in [6.07, 6.45) is 10.5. The summed E-state index contributed by atoms with van der Waals surface area (Å²) < 4.78 is 5.53. The fraction of sp³-hybridized carbons (Fsp3) is 0.684. The van der Waals surface area contributed by atoms with Gasteiger partial charge in [0.2, 0.25) is 0 Å². The van der Waals surface area contributed by atoms with Crippen LogP contribution < -0.4 is 0 Å². The first-order valence-electron chi connectivity index (χ1n) is 8.68. The molecule has 0 aliphatic carbocycles. The Bertz CT molecular complexity index is 354. The number of unbranched alkanes of at least 4 members (excludes halogenated alkanes) is 6. The van der Waals surface area contributed by atoms with Crippen LogP contribution in [0.1, 0.15) is 70.8 Å². The SMILES string of the molecule is CCCCCCOCCCCCC.Cc1cc(O)ccc1O. The summed E-state index contributed by atoms with van der Waals surface area (Å²) in [7, 11) is 0. The van der Waals surface area contributed by atoms with E-state index in [1.165, 1.54) is 69.6 Å². The summed E-state index contributed by atoms with van der Waals surface area (Å²) >= 11 is 0. The molecule has 3 heteroatoms. The molecular weight excluding hydrogens is 276 g/mol. The minimum absolute atomic E-state index is 0.185. The zero-order chi connectivity index (χ0) is 16.6. The molecular formula is C19H34O3. The van der Waals surface area contributed by atoms with E-state index >= 15 is 0 Å². The smallest absolute Gasteiger partial charge is 0.118 e. The number of phenolic OH excluding ortho intramolecular Hbond substituents is 2. The lowest BCUT2D eigenvalue weighted by Gasteiger charge is -2.03. The lowest BCUT2D eigenvalue weighted by Crippen LogP contribution is -1.96. The number of hydrogen-bond donors (Lipinski definition) is 2. The van der Waals surface area contributed by atoms with Crippen molar-refractivity contribution in [2.45, 2.75) is 72.1 Å². The fourth-order valence-corrected chi connectivity index (χ4v) is 2.00. The Morgan fingerprint density at radius 2 is 1.36 bits per heavy atom. The van der Waals surface area contributed by atoms with Crippen molar-refractivity contribution < 1.29 is 14.9 Å². The molecule has 0 atom stereocenters. The highest BCUT2D eigenvalue weighted by atomic mass is 16.5. The number of aryl methyl sites for hydroxylation is 1.